The van der Waals surface area contributed by atoms with Gasteiger partial charge in [-0.05, 0) is 89.4 Å². The Bertz CT molecular complexity index is 2180. The van der Waals surface area contributed by atoms with Crippen LogP contribution in [0.4, 0.5) is 10.2 Å². The van der Waals surface area contributed by atoms with Crippen molar-refractivity contribution >= 4 is 45.0 Å². The highest BCUT2D eigenvalue weighted by Gasteiger charge is 2.30. The van der Waals surface area contributed by atoms with Gasteiger partial charge in [-0.15, -0.1) is 0 Å². The normalized spacial score (nSPS) is 13.4. The van der Waals surface area contributed by atoms with Crippen LogP contribution in [0.1, 0.15) is 60.2 Å². The second kappa shape index (κ2) is 17.3. The summed E-state index contributed by atoms with van der Waals surface area (Å²) in [5.41, 5.74) is 4.36. The summed E-state index contributed by atoms with van der Waals surface area (Å²) in [6, 6.07) is 27.1. The number of phenols is 1. The summed E-state index contributed by atoms with van der Waals surface area (Å²) >= 11 is 12.4. The van der Waals surface area contributed by atoms with E-state index in [1.807, 2.05) is 60.7 Å². The van der Waals surface area contributed by atoms with E-state index in [0.29, 0.717) is 29.8 Å². The van der Waals surface area contributed by atoms with Crippen LogP contribution >= 0.6 is 23.2 Å². The van der Waals surface area contributed by atoms with E-state index in [9.17, 15) is 22.7 Å². The van der Waals surface area contributed by atoms with Crippen LogP contribution in [0.3, 0.4) is 0 Å². The van der Waals surface area contributed by atoms with Crippen molar-refractivity contribution in [1.82, 2.24) is 14.2 Å². The molecule has 282 valence electrons. The molecular formula is C42H43Cl2FN4O4S. The predicted octanol–water partition coefficient (Wildman–Crippen LogP) is 9.58. The van der Waals surface area contributed by atoms with Crippen LogP contribution in [0.2, 0.25) is 10.0 Å². The van der Waals surface area contributed by atoms with Crippen LogP contribution in [0, 0.1) is 11.7 Å². The number of anilines is 1. The van der Waals surface area contributed by atoms with E-state index in [2.05, 4.69) is 23.7 Å². The summed E-state index contributed by atoms with van der Waals surface area (Å²) in [6.45, 7) is 6.76. The molecule has 1 N–H and O–H groups in total. The minimum absolute atomic E-state index is 0.0434. The number of sulfonamides is 1. The lowest BCUT2D eigenvalue weighted by atomic mass is 10.0. The van der Waals surface area contributed by atoms with E-state index in [-0.39, 0.29) is 40.8 Å². The first kappa shape index (κ1) is 39.2. The van der Waals surface area contributed by atoms with E-state index in [1.165, 1.54) is 35.0 Å². The standard InChI is InChI=1S/C42H43Cl2FN4O4S/c1-29(2)25-48(42(51)35-15-18-40(46-24-35)47-19-4-3-5-20-47)26-31-7-6-8-32(21-31)28-49(54(52,53)39-23-36(43)22-38(44)41(39)50)27-30-9-11-33(12-10-30)34-13-16-37(45)17-14-34/h6-18,21-24,29,50H,3-5,19-20,25-28H2,1-2H3. The van der Waals surface area contributed by atoms with Crippen LogP contribution in [-0.2, 0) is 29.7 Å². The Morgan fingerprint density at radius 1 is 0.833 bits per heavy atom. The van der Waals surface area contributed by atoms with Gasteiger partial charge in [-0.3, -0.25) is 4.79 Å². The monoisotopic (exact) mass is 788 g/mol. The van der Waals surface area contributed by atoms with Gasteiger partial charge in [0.1, 0.15) is 16.5 Å². The van der Waals surface area contributed by atoms with E-state index in [4.69, 9.17) is 23.2 Å². The third-order valence-corrected chi connectivity index (χ3v) is 11.7. The fourth-order valence-corrected chi connectivity index (χ4v) is 8.83. The minimum Gasteiger partial charge on any atom is -0.505 e. The Hall–Kier alpha value is -4.48. The van der Waals surface area contributed by atoms with E-state index < -0.39 is 20.7 Å². The molecule has 1 aromatic heterocycles. The first-order valence-electron chi connectivity index (χ1n) is 18.0. The second-order valence-electron chi connectivity index (χ2n) is 14.1. The van der Waals surface area contributed by atoms with Crippen LogP contribution < -0.4 is 4.90 Å². The number of carbonyl (C=O) groups excluding carboxylic acids is 1. The molecule has 1 fully saturated rings. The zero-order chi connectivity index (χ0) is 38.4. The lowest BCUT2D eigenvalue weighted by Gasteiger charge is -2.28. The van der Waals surface area contributed by atoms with E-state index in [0.717, 1.165) is 48.4 Å². The molecule has 1 amide bonds. The first-order chi connectivity index (χ1) is 25.9. The molecular weight excluding hydrogens is 746 g/mol. The smallest absolute Gasteiger partial charge is 0.255 e. The molecule has 54 heavy (non-hydrogen) atoms. The zero-order valence-electron chi connectivity index (χ0n) is 30.3. The predicted molar refractivity (Wildman–Crippen MR) is 213 cm³/mol. The van der Waals surface area contributed by atoms with Gasteiger partial charge in [0.2, 0.25) is 10.0 Å². The molecule has 0 unspecified atom stereocenters. The fourth-order valence-electron chi connectivity index (χ4n) is 6.67. The number of hydrogen-bond acceptors (Lipinski definition) is 6. The van der Waals surface area contributed by atoms with Crippen LogP contribution in [0.25, 0.3) is 11.1 Å². The Kier molecular flexibility index (Phi) is 12.6. The molecule has 0 saturated carbocycles. The van der Waals surface area contributed by atoms with Crippen molar-refractivity contribution in [3.05, 3.63) is 141 Å². The minimum atomic E-state index is -4.36. The molecule has 2 heterocycles. The van der Waals surface area contributed by atoms with Gasteiger partial charge in [0.15, 0.2) is 5.75 Å². The SMILES string of the molecule is CC(C)CN(Cc1cccc(CN(Cc2ccc(-c3ccc(F)cc3)cc2)S(=O)(=O)c2cc(Cl)cc(Cl)c2O)c1)C(=O)c1ccc(N2CCCCC2)nc1. The lowest BCUT2D eigenvalue weighted by molar-refractivity contribution is 0.0722. The van der Waals surface area contributed by atoms with Crippen LogP contribution in [-0.4, -0.2) is 53.3 Å². The van der Waals surface area contributed by atoms with Crippen LogP contribution in [0.15, 0.2) is 108 Å². The van der Waals surface area contributed by atoms with Crippen LogP contribution in [0.5, 0.6) is 5.75 Å². The molecule has 0 atom stereocenters. The number of aromatic hydroxyl groups is 1. The summed E-state index contributed by atoms with van der Waals surface area (Å²) in [7, 11) is -4.36. The summed E-state index contributed by atoms with van der Waals surface area (Å²) < 4.78 is 43.4. The van der Waals surface area contributed by atoms with Crippen molar-refractivity contribution in [2.24, 2.45) is 5.92 Å². The van der Waals surface area contributed by atoms with Crippen molar-refractivity contribution in [1.29, 1.82) is 0 Å². The largest absolute Gasteiger partial charge is 0.505 e. The topological polar surface area (TPSA) is 94.1 Å². The molecule has 12 heteroatoms. The van der Waals surface area contributed by atoms with Gasteiger partial charge in [-0.2, -0.15) is 4.31 Å². The molecule has 0 bridgehead atoms. The molecule has 8 nitrogen and oxygen atoms in total. The Labute approximate surface area is 326 Å². The van der Waals surface area contributed by atoms with Crippen molar-refractivity contribution in [3.63, 3.8) is 0 Å². The van der Waals surface area contributed by atoms with E-state index >= 15 is 0 Å². The van der Waals surface area contributed by atoms with Gasteiger partial charge in [0, 0.05) is 50.5 Å². The number of carbonyl (C=O) groups is 1. The number of nitrogens with zero attached hydrogens (tertiary/aromatic N) is 4. The zero-order valence-corrected chi connectivity index (χ0v) is 32.6. The highest BCUT2D eigenvalue weighted by atomic mass is 35.5. The Morgan fingerprint density at radius 3 is 2.09 bits per heavy atom. The lowest BCUT2D eigenvalue weighted by Crippen LogP contribution is -2.34. The number of rotatable bonds is 13. The summed E-state index contributed by atoms with van der Waals surface area (Å²) in [5, 5.41) is 10.7. The first-order valence-corrected chi connectivity index (χ1v) is 20.2. The summed E-state index contributed by atoms with van der Waals surface area (Å²) in [5.74, 6) is 0.0243. The summed E-state index contributed by atoms with van der Waals surface area (Å²) in [6.07, 6.45) is 5.15. The molecule has 6 rings (SSSR count). The van der Waals surface area contributed by atoms with Gasteiger partial charge < -0.3 is 14.9 Å². The molecule has 1 aliphatic rings. The number of benzene rings is 4. The highest BCUT2D eigenvalue weighted by Crippen LogP contribution is 2.37. The maximum Gasteiger partial charge on any atom is 0.255 e. The second-order valence-corrected chi connectivity index (χ2v) is 16.8. The third-order valence-electron chi connectivity index (χ3n) is 9.37. The van der Waals surface area contributed by atoms with Crippen molar-refractivity contribution < 1.29 is 22.7 Å². The number of piperidine rings is 1. The molecule has 1 aliphatic heterocycles. The van der Waals surface area contributed by atoms with Gasteiger partial charge in [-0.1, -0.05) is 97.7 Å². The van der Waals surface area contributed by atoms with Gasteiger partial charge >= 0.3 is 0 Å². The third kappa shape index (κ3) is 9.60. The van der Waals surface area contributed by atoms with E-state index in [1.54, 1.807) is 23.2 Å². The fraction of sp³-hybridized carbons (Fsp3) is 0.286. The maximum absolute atomic E-state index is 14.3. The van der Waals surface area contributed by atoms with Crippen molar-refractivity contribution in [3.8, 4) is 16.9 Å². The van der Waals surface area contributed by atoms with Gasteiger partial charge in [0.25, 0.3) is 5.91 Å². The number of halogens is 3. The molecule has 5 aromatic rings. The number of aromatic nitrogens is 1. The molecule has 1 saturated heterocycles. The molecule has 0 radical (unpaired) electrons. The molecule has 4 aromatic carbocycles. The number of phenolic OH excluding ortho intramolecular Hbond substituents is 1. The average molecular weight is 790 g/mol. The number of amides is 1. The average Bonchev–Trinajstić information content (AvgIpc) is 3.16. The summed E-state index contributed by atoms with van der Waals surface area (Å²) in [4.78, 5) is 22.1. The number of pyridine rings is 1. The number of hydrogen-bond donors (Lipinski definition) is 1. The molecule has 0 aliphatic carbocycles. The van der Waals surface area contributed by atoms with Crippen molar-refractivity contribution in [2.75, 3.05) is 24.5 Å². The molecule has 0 spiro atoms. The Morgan fingerprint density at radius 2 is 1.46 bits per heavy atom. The quantitative estimate of drug-likeness (QED) is 0.128. The maximum atomic E-state index is 14.3. The Balaban J connectivity index is 1.26. The van der Waals surface area contributed by atoms with Crippen molar-refractivity contribution in [2.45, 2.75) is 57.6 Å². The highest BCUT2D eigenvalue weighted by molar-refractivity contribution is 7.89. The van der Waals surface area contributed by atoms with Gasteiger partial charge in [-0.25, -0.2) is 17.8 Å². The van der Waals surface area contributed by atoms with Gasteiger partial charge in [0.05, 0.1) is 10.6 Å².